The van der Waals surface area contributed by atoms with E-state index in [1.165, 1.54) is 0 Å². The molecule has 1 aromatic heterocycles. The van der Waals surface area contributed by atoms with Crippen molar-refractivity contribution in [3.63, 3.8) is 0 Å². The van der Waals surface area contributed by atoms with E-state index in [-0.39, 0.29) is 55.5 Å². The van der Waals surface area contributed by atoms with Crippen molar-refractivity contribution in [1.29, 1.82) is 0 Å². The van der Waals surface area contributed by atoms with Crippen molar-refractivity contribution in [3.8, 4) is 17.1 Å². The second kappa shape index (κ2) is 9.05. The quantitative estimate of drug-likeness (QED) is 0.316. The Labute approximate surface area is 183 Å². The first-order valence-electron chi connectivity index (χ1n) is 10.3. The molecule has 0 radical (unpaired) electrons. The molecular formula is C24H21NO7. The zero-order valence-corrected chi connectivity index (χ0v) is 17.5. The molecule has 1 fully saturated rings. The van der Waals surface area contributed by atoms with Gasteiger partial charge in [-0.15, -0.1) is 0 Å². The fourth-order valence-electron chi connectivity index (χ4n) is 3.60. The molecule has 4 rings (SSSR count). The molecule has 0 saturated carbocycles. The molecule has 0 unspecified atom stereocenters. The highest BCUT2D eigenvalue weighted by molar-refractivity contribution is 6.09. The Kier molecular flexibility index (Phi) is 6.02. The fraction of sp³-hybridized carbons (Fsp3) is 0.250. The predicted octanol–water partition coefficient (Wildman–Crippen LogP) is 3.72. The van der Waals surface area contributed by atoms with Gasteiger partial charge in [0.1, 0.15) is 22.7 Å². The van der Waals surface area contributed by atoms with Crippen LogP contribution in [0.3, 0.4) is 0 Å². The number of benzene rings is 2. The smallest absolute Gasteiger partial charge is 0.342 e. The Bertz CT molecular complexity index is 1180. The number of ether oxygens (including phenoxy) is 2. The van der Waals surface area contributed by atoms with E-state index in [1.54, 1.807) is 25.1 Å². The molecule has 1 aliphatic rings. The van der Waals surface area contributed by atoms with E-state index in [1.807, 2.05) is 30.3 Å². The first kappa shape index (κ1) is 21.3. The maximum Gasteiger partial charge on any atom is 0.342 e. The number of likely N-dealkylation sites (tertiary alicyclic amines) is 1. The van der Waals surface area contributed by atoms with Crippen LogP contribution in [0.2, 0.25) is 0 Å². The van der Waals surface area contributed by atoms with Gasteiger partial charge in [-0.1, -0.05) is 30.3 Å². The number of furan rings is 1. The number of carbonyl (C=O) groups excluding carboxylic acids is 4. The molecule has 1 aliphatic heterocycles. The predicted molar refractivity (Wildman–Crippen MR) is 114 cm³/mol. The summed E-state index contributed by atoms with van der Waals surface area (Å²) in [5.41, 5.74) is 1.41. The summed E-state index contributed by atoms with van der Waals surface area (Å²) in [5.74, 6) is -1.12. The normalized spacial score (nSPS) is 13.6. The van der Waals surface area contributed by atoms with Crippen molar-refractivity contribution >= 4 is 34.7 Å². The maximum absolute atomic E-state index is 12.7. The summed E-state index contributed by atoms with van der Waals surface area (Å²) < 4.78 is 16.5. The molecule has 32 heavy (non-hydrogen) atoms. The summed E-state index contributed by atoms with van der Waals surface area (Å²) in [5, 5.41) is 0.456. The fourth-order valence-corrected chi connectivity index (χ4v) is 3.60. The van der Waals surface area contributed by atoms with Crippen molar-refractivity contribution in [2.24, 2.45) is 0 Å². The molecule has 1 saturated heterocycles. The van der Waals surface area contributed by atoms with Crippen molar-refractivity contribution in [3.05, 3.63) is 54.1 Å². The number of imide groups is 1. The van der Waals surface area contributed by atoms with Gasteiger partial charge >= 0.3 is 11.9 Å². The Hall–Kier alpha value is -3.94. The summed E-state index contributed by atoms with van der Waals surface area (Å²) in [6.07, 6.45) is 0.220. The first-order chi connectivity index (χ1) is 15.5. The molecule has 2 heterocycles. The summed E-state index contributed by atoms with van der Waals surface area (Å²) in [6.45, 7) is 1.89. The average molecular weight is 435 g/mol. The van der Waals surface area contributed by atoms with Gasteiger partial charge in [-0.05, 0) is 25.1 Å². The molecule has 0 N–H and O–H groups in total. The first-order valence-corrected chi connectivity index (χ1v) is 10.3. The third-order valence-electron chi connectivity index (χ3n) is 5.10. The Balaban J connectivity index is 1.59. The third-order valence-corrected chi connectivity index (χ3v) is 5.10. The van der Waals surface area contributed by atoms with Gasteiger partial charge < -0.3 is 13.9 Å². The second-order valence-corrected chi connectivity index (χ2v) is 7.21. The molecule has 2 amide bonds. The van der Waals surface area contributed by atoms with E-state index in [4.69, 9.17) is 13.9 Å². The zero-order chi connectivity index (χ0) is 22.7. The van der Waals surface area contributed by atoms with E-state index < -0.39 is 11.9 Å². The van der Waals surface area contributed by atoms with Crippen LogP contribution in [-0.4, -0.2) is 41.8 Å². The number of carbonyl (C=O) groups is 4. The average Bonchev–Trinajstić information content (AvgIpc) is 3.32. The highest BCUT2D eigenvalue weighted by Crippen LogP contribution is 2.36. The van der Waals surface area contributed by atoms with Crippen LogP contribution >= 0.6 is 0 Å². The van der Waals surface area contributed by atoms with E-state index in [0.717, 1.165) is 4.90 Å². The summed E-state index contributed by atoms with van der Waals surface area (Å²) in [4.78, 5) is 49.4. The van der Waals surface area contributed by atoms with Gasteiger partial charge in [0.15, 0.2) is 0 Å². The van der Waals surface area contributed by atoms with Crippen molar-refractivity contribution in [2.75, 3.05) is 13.2 Å². The molecule has 3 aromatic rings. The molecule has 2 aromatic carbocycles. The van der Waals surface area contributed by atoms with Crippen LogP contribution in [0.5, 0.6) is 5.75 Å². The largest absolute Gasteiger partial charge is 0.462 e. The number of hydrogen-bond acceptors (Lipinski definition) is 7. The molecule has 0 atom stereocenters. The van der Waals surface area contributed by atoms with Gasteiger partial charge in [0.25, 0.3) is 0 Å². The Morgan fingerprint density at radius 2 is 1.75 bits per heavy atom. The van der Waals surface area contributed by atoms with Gasteiger partial charge in [0, 0.05) is 30.3 Å². The highest BCUT2D eigenvalue weighted by atomic mass is 16.5. The summed E-state index contributed by atoms with van der Waals surface area (Å²) in [7, 11) is 0. The van der Waals surface area contributed by atoms with E-state index in [0.29, 0.717) is 22.3 Å². The van der Waals surface area contributed by atoms with E-state index >= 15 is 0 Å². The van der Waals surface area contributed by atoms with Crippen molar-refractivity contribution < 1.29 is 33.1 Å². The molecule has 0 bridgehead atoms. The summed E-state index contributed by atoms with van der Waals surface area (Å²) >= 11 is 0. The molecule has 0 aliphatic carbocycles. The lowest BCUT2D eigenvalue weighted by Crippen LogP contribution is -2.31. The van der Waals surface area contributed by atoms with Gasteiger partial charge in [-0.3, -0.25) is 19.3 Å². The van der Waals surface area contributed by atoms with Crippen LogP contribution in [-0.2, 0) is 19.1 Å². The SMILES string of the molecule is CCOC(=O)c1c(-c2ccccc2)oc2ccc(OC(=O)CCN3C(=O)CCC3=O)cc12. The molecule has 0 spiro atoms. The third kappa shape index (κ3) is 4.25. The lowest BCUT2D eigenvalue weighted by atomic mass is 10.1. The molecular weight excluding hydrogens is 414 g/mol. The number of esters is 2. The zero-order valence-electron chi connectivity index (χ0n) is 17.5. The van der Waals surface area contributed by atoms with Gasteiger partial charge in [-0.25, -0.2) is 4.79 Å². The van der Waals surface area contributed by atoms with Crippen LogP contribution in [0.1, 0.15) is 36.5 Å². The van der Waals surface area contributed by atoms with Crippen LogP contribution in [0.25, 0.3) is 22.3 Å². The van der Waals surface area contributed by atoms with Crippen molar-refractivity contribution in [2.45, 2.75) is 26.2 Å². The maximum atomic E-state index is 12.7. The monoisotopic (exact) mass is 435 g/mol. The van der Waals surface area contributed by atoms with Crippen LogP contribution < -0.4 is 4.74 Å². The van der Waals surface area contributed by atoms with Gasteiger partial charge in [0.2, 0.25) is 11.8 Å². The standard InChI is InChI=1S/C24H21NO7/c1-2-30-24(29)22-17-14-16(31-21(28)12-13-25-19(26)10-11-20(25)27)8-9-18(17)32-23(22)15-6-4-3-5-7-15/h3-9,14H,2,10-13H2,1H3. The van der Waals surface area contributed by atoms with Gasteiger partial charge in [0.05, 0.1) is 13.0 Å². The Morgan fingerprint density at radius 3 is 2.44 bits per heavy atom. The summed E-state index contributed by atoms with van der Waals surface area (Å²) in [6, 6.07) is 13.9. The Morgan fingerprint density at radius 1 is 1.03 bits per heavy atom. The minimum Gasteiger partial charge on any atom is -0.462 e. The van der Waals surface area contributed by atoms with E-state index in [2.05, 4.69) is 0 Å². The molecule has 8 heteroatoms. The van der Waals surface area contributed by atoms with Gasteiger partial charge in [-0.2, -0.15) is 0 Å². The topological polar surface area (TPSA) is 103 Å². The van der Waals surface area contributed by atoms with Crippen LogP contribution in [0.15, 0.2) is 52.9 Å². The highest BCUT2D eigenvalue weighted by Gasteiger charge is 2.29. The number of rotatable bonds is 7. The minimum atomic E-state index is -0.596. The number of fused-ring (bicyclic) bond motifs is 1. The van der Waals surface area contributed by atoms with Crippen molar-refractivity contribution in [1.82, 2.24) is 4.90 Å². The number of nitrogens with zero attached hydrogens (tertiary/aromatic N) is 1. The second-order valence-electron chi connectivity index (χ2n) is 7.21. The number of hydrogen-bond donors (Lipinski definition) is 0. The van der Waals surface area contributed by atoms with Crippen LogP contribution in [0.4, 0.5) is 0 Å². The van der Waals surface area contributed by atoms with E-state index in [9.17, 15) is 19.2 Å². The van der Waals surface area contributed by atoms with Crippen LogP contribution in [0, 0.1) is 0 Å². The lowest BCUT2D eigenvalue weighted by molar-refractivity contribution is -0.140. The minimum absolute atomic E-state index is 0.0172. The lowest BCUT2D eigenvalue weighted by Gasteiger charge is -2.12. The number of amides is 2. The molecule has 8 nitrogen and oxygen atoms in total. The molecule has 164 valence electrons.